The number of aryl methyl sites for hydroxylation is 1. The Labute approximate surface area is 127 Å². The van der Waals surface area contributed by atoms with Crippen LogP contribution in [0.25, 0.3) is 0 Å². The van der Waals surface area contributed by atoms with E-state index in [-0.39, 0.29) is 27.7 Å². The van der Waals surface area contributed by atoms with Crippen LogP contribution in [0.5, 0.6) is 6.01 Å². The van der Waals surface area contributed by atoms with E-state index in [1.54, 1.807) is 0 Å². The van der Waals surface area contributed by atoms with Crippen molar-refractivity contribution in [2.24, 2.45) is 7.05 Å². The lowest BCUT2D eigenvalue weighted by Gasteiger charge is -2.09. The number of nitrogens with one attached hydrogen (secondary N) is 1. The second kappa shape index (κ2) is 6.22. The Morgan fingerprint density at radius 3 is 2.62 bits per heavy atom. The summed E-state index contributed by atoms with van der Waals surface area (Å²) in [6.07, 6.45) is -0.128. The Kier molecular flexibility index (Phi) is 4.58. The third-order valence-corrected chi connectivity index (χ3v) is 3.12. The molecule has 0 unspecified atom stereocenters. The zero-order valence-electron chi connectivity index (χ0n) is 11.3. The van der Waals surface area contributed by atoms with Gasteiger partial charge in [0.05, 0.1) is 6.10 Å². The van der Waals surface area contributed by atoms with E-state index < -0.39 is 11.1 Å². The van der Waals surface area contributed by atoms with Gasteiger partial charge in [-0.2, -0.15) is 19.9 Å². The van der Waals surface area contributed by atoms with Gasteiger partial charge in [-0.05, 0) is 37.2 Å². The predicted molar refractivity (Wildman–Crippen MR) is 74.8 cm³/mol. The summed E-state index contributed by atoms with van der Waals surface area (Å²) >= 11 is 6.74. The average molecular weight is 331 g/mol. The van der Waals surface area contributed by atoms with Gasteiger partial charge in [-0.25, -0.2) is 0 Å². The summed E-state index contributed by atoms with van der Waals surface area (Å²) in [6, 6.07) is 0.0712. The molecular formula is C10H11ClN6O3S. The number of ether oxygens (including phenoxy) is 1. The molecule has 0 saturated heterocycles. The molecular weight excluding hydrogens is 320 g/mol. The number of H-pyrrole nitrogens is 1. The number of aromatic nitrogens is 6. The molecule has 0 amide bonds. The van der Waals surface area contributed by atoms with Gasteiger partial charge in [0.1, 0.15) is 0 Å². The lowest BCUT2D eigenvalue weighted by Crippen LogP contribution is -2.33. The van der Waals surface area contributed by atoms with Crippen LogP contribution in [0.2, 0.25) is 5.28 Å². The average Bonchev–Trinajstić information content (AvgIpc) is 2.34. The van der Waals surface area contributed by atoms with E-state index in [2.05, 4.69) is 25.0 Å². The van der Waals surface area contributed by atoms with Crippen molar-refractivity contribution < 1.29 is 4.74 Å². The summed E-state index contributed by atoms with van der Waals surface area (Å²) in [7, 11) is 1.53. The van der Waals surface area contributed by atoms with Crippen LogP contribution in [0, 0.1) is 0 Å². The van der Waals surface area contributed by atoms with Crippen molar-refractivity contribution in [3.63, 3.8) is 0 Å². The smallest absolute Gasteiger partial charge is 0.339 e. The minimum Gasteiger partial charge on any atom is -0.461 e. The first-order chi connectivity index (χ1) is 9.85. The lowest BCUT2D eigenvalue weighted by atomic mass is 10.5. The fourth-order valence-corrected chi connectivity index (χ4v) is 2.19. The fourth-order valence-electron chi connectivity index (χ4n) is 1.26. The Bertz CT molecular complexity index is 774. The topological polar surface area (TPSA) is 116 Å². The largest absolute Gasteiger partial charge is 0.461 e. The van der Waals surface area contributed by atoms with Gasteiger partial charge >= 0.3 is 17.1 Å². The fraction of sp³-hybridized carbons (Fsp3) is 0.400. The zero-order chi connectivity index (χ0) is 15.6. The molecule has 2 heterocycles. The van der Waals surface area contributed by atoms with Crippen molar-refractivity contribution >= 4 is 23.4 Å². The van der Waals surface area contributed by atoms with Crippen LogP contribution in [-0.4, -0.2) is 35.8 Å². The maximum atomic E-state index is 11.3. The summed E-state index contributed by atoms with van der Waals surface area (Å²) in [4.78, 5) is 37.8. The molecule has 2 aromatic heterocycles. The highest BCUT2D eigenvalue weighted by Crippen LogP contribution is 2.23. The van der Waals surface area contributed by atoms with E-state index >= 15 is 0 Å². The lowest BCUT2D eigenvalue weighted by molar-refractivity contribution is 0.219. The molecule has 11 heteroatoms. The SMILES string of the molecule is CC(C)Oc1nc(Cl)nc(Sc2nc(=O)c(=O)[nH]n2C)n1. The van der Waals surface area contributed by atoms with Crippen molar-refractivity contribution in [1.29, 1.82) is 0 Å². The zero-order valence-corrected chi connectivity index (χ0v) is 12.9. The monoisotopic (exact) mass is 330 g/mol. The number of rotatable bonds is 4. The molecule has 21 heavy (non-hydrogen) atoms. The van der Waals surface area contributed by atoms with Crippen LogP contribution in [0.1, 0.15) is 13.8 Å². The van der Waals surface area contributed by atoms with E-state index in [1.807, 2.05) is 13.8 Å². The molecule has 0 spiro atoms. The molecule has 0 aliphatic carbocycles. The van der Waals surface area contributed by atoms with Gasteiger partial charge < -0.3 is 4.74 Å². The molecule has 0 atom stereocenters. The quantitative estimate of drug-likeness (QED) is 0.793. The molecule has 0 saturated carbocycles. The van der Waals surface area contributed by atoms with Gasteiger partial charge in [0.15, 0.2) is 5.16 Å². The highest BCUT2D eigenvalue weighted by atomic mass is 35.5. The second-order valence-electron chi connectivity index (χ2n) is 4.14. The normalized spacial score (nSPS) is 10.9. The van der Waals surface area contributed by atoms with E-state index in [0.29, 0.717) is 0 Å². The molecule has 0 bridgehead atoms. The highest BCUT2D eigenvalue weighted by molar-refractivity contribution is 7.99. The first kappa shape index (κ1) is 15.4. The van der Waals surface area contributed by atoms with Crippen molar-refractivity contribution in [3.05, 3.63) is 26.0 Å². The second-order valence-corrected chi connectivity index (χ2v) is 5.41. The van der Waals surface area contributed by atoms with Gasteiger partial charge in [-0.15, -0.1) is 0 Å². The summed E-state index contributed by atoms with van der Waals surface area (Å²) in [5.41, 5.74) is -1.70. The van der Waals surface area contributed by atoms with E-state index in [9.17, 15) is 9.59 Å². The summed E-state index contributed by atoms with van der Waals surface area (Å²) in [6.45, 7) is 3.63. The molecule has 2 aromatic rings. The molecule has 112 valence electrons. The Morgan fingerprint density at radius 2 is 1.95 bits per heavy atom. The third-order valence-electron chi connectivity index (χ3n) is 2.04. The molecule has 0 radical (unpaired) electrons. The van der Waals surface area contributed by atoms with Crippen LogP contribution in [-0.2, 0) is 7.05 Å². The van der Waals surface area contributed by atoms with Gasteiger partial charge in [0.2, 0.25) is 10.4 Å². The van der Waals surface area contributed by atoms with Gasteiger partial charge in [0.25, 0.3) is 0 Å². The van der Waals surface area contributed by atoms with Gasteiger partial charge in [-0.1, -0.05) is 0 Å². The van der Waals surface area contributed by atoms with Crippen LogP contribution in [0.15, 0.2) is 19.9 Å². The van der Waals surface area contributed by atoms with Gasteiger partial charge in [0, 0.05) is 7.05 Å². The molecule has 0 fully saturated rings. The van der Waals surface area contributed by atoms with Gasteiger partial charge in [-0.3, -0.25) is 19.4 Å². The number of halogens is 1. The van der Waals surface area contributed by atoms with E-state index in [1.165, 1.54) is 11.7 Å². The number of hydrogen-bond donors (Lipinski definition) is 1. The first-order valence-corrected chi connectivity index (χ1v) is 6.98. The molecule has 0 aliphatic heterocycles. The molecule has 0 aliphatic rings. The molecule has 9 nitrogen and oxygen atoms in total. The van der Waals surface area contributed by atoms with Crippen LogP contribution < -0.4 is 15.9 Å². The number of hydrogen-bond acceptors (Lipinski definition) is 8. The predicted octanol–water partition coefficient (Wildman–Crippen LogP) is 0.245. The maximum absolute atomic E-state index is 11.3. The number of nitrogens with zero attached hydrogens (tertiary/aromatic N) is 5. The standard InChI is InChI=1S/C10H11ClN6O3S/c1-4(2)20-8-13-7(11)14-9(15-8)21-10-12-5(18)6(19)16-17(10)3/h4H,1-3H3,(H,16,19). The molecule has 1 N–H and O–H groups in total. The minimum atomic E-state index is -0.894. The minimum absolute atomic E-state index is 0.0439. The van der Waals surface area contributed by atoms with Crippen molar-refractivity contribution in [3.8, 4) is 6.01 Å². The van der Waals surface area contributed by atoms with Crippen LogP contribution >= 0.6 is 23.4 Å². The maximum Gasteiger partial charge on any atom is 0.339 e. The van der Waals surface area contributed by atoms with Crippen LogP contribution in [0.4, 0.5) is 0 Å². The third kappa shape index (κ3) is 4.02. The highest BCUT2D eigenvalue weighted by Gasteiger charge is 2.12. The van der Waals surface area contributed by atoms with Crippen molar-refractivity contribution in [2.75, 3.05) is 0 Å². The summed E-state index contributed by atoms with van der Waals surface area (Å²) in [5, 5.41) is 2.68. The molecule has 2 rings (SSSR count). The summed E-state index contributed by atoms with van der Waals surface area (Å²) in [5.74, 6) is 0. The van der Waals surface area contributed by atoms with E-state index in [4.69, 9.17) is 16.3 Å². The Balaban J connectivity index is 2.35. The summed E-state index contributed by atoms with van der Waals surface area (Å²) < 4.78 is 6.63. The van der Waals surface area contributed by atoms with Crippen LogP contribution in [0.3, 0.4) is 0 Å². The Morgan fingerprint density at radius 1 is 1.24 bits per heavy atom. The molecule has 0 aromatic carbocycles. The number of aromatic amines is 1. The van der Waals surface area contributed by atoms with Crippen molar-refractivity contribution in [1.82, 2.24) is 29.7 Å². The van der Waals surface area contributed by atoms with Crippen molar-refractivity contribution in [2.45, 2.75) is 30.3 Å². The van der Waals surface area contributed by atoms with E-state index in [0.717, 1.165) is 11.8 Å². The Hall–Kier alpha value is -1.94. The first-order valence-electron chi connectivity index (χ1n) is 5.78.